The molecule has 2 nitrogen and oxygen atoms in total. The molecule has 0 aromatic carbocycles. The lowest BCUT2D eigenvalue weighted by Crippen LogP contribution is -2.45. The zero-order valence-electron chi connectivity index (χ0n) is 7.10. The first-order valence-electron chi connectivity index (χ1n) is 3.79. The molecule has 1 atom stereocenters. The van der Waals surface area contributed by atoms with Crippen molar-refractivity contribution in [3.8, 4) is 0 Å². The monoisotopic (exact) mass is 177 g/mol. The third kappa shape index (κ3) is 4.40. The Hall–Kier alpha value is -0.0500. The molecule has 0 aliphatic heterocycles. The first-order valence-corrected chi connectivity index (χ1v) is 4.23. The van der Waals surface area contributed by atoms with Gasteiger partial charge in [0, 0.05) is 17.6 Å². The molecule has 0 bridgehead atoms. The third-order valence-electron chi connectivity index (χ3n) is 1.87. The lowest BCUT2D eigenvalue weighted by Gasteiger charge is -2.26. The van der Waals surface area contributed by atoms with Crippen molar-refractivity contribution in [3.63, 3.8) is 0 Å². The highest BCUT2D eigenvalue weighted by molar-refractivity contribution is 6.25. The van der Waals surface area contributed by atoms with Crippen LogP contribution in [-0.2, 0) is 0 Å². The van der Waals surface area contributed by atoms with Crippen molar-refractivity contribution in [1.29, 1.82) is 0 Å². The predicted molar refractivity (Wildman–Crippen MR) is 48.8 cm³/mol. The van der Waals surface area contributed by atoms with Gasteiger partial charge < -0.3 is 10.4 Å². The summed E-state index contributed by atoms with van der Waals surface area (Å²) in [5.74, 6) is 0. The number of nitrogens with one attached hydrogen (secondary N) is 1. The van der Waals surface area contributed by atoms with Gasteiger partial charge >= 0.3 is 0 Å². The van der Waals surface area contributed by atoms with E-state index in [1.54, 1.807) is 0 Å². The zero-order valence-corrected chi connectivity index (χ0v) is 7.86. The summed E-state index contributed by atoms with van der Waals surface area (Å²) in [7, 11) is 0. The summed E-state index contributed by atoms with van der Waals surface area (Å²) in [5, 5.41) is 12.1. The number of aliphatic hydroxyl groups is 1. The Labute approximate surface area is 73.3 Å². The lowest BCUT2D eigenvalue weighted by atomic mass is 10.0. The van der Waals surface area contributed by atoms with Crippen LogP contribution in [0.4, 0.5) is 0 Å². The van der Waals surface area contributed by atoms with Gasteiger partial charge in [-0.05, 0) is 13.3 Å². The molecule has 3 heteroatoms. The molecule has 11 heavy (non-hydrogen) atoms. The Kier molecular flexibility index (Phi) is 5.56. The second-order valence-corrected chi connectivity index (χ2v) is 3.07. The van der Waals surface area contributed by atoms with E-state index in [4.69, 9.17) is 16.7 Å². The van der Waals surface area contributed by atoms with Gasteiger partial charge in [-0.2, -0.15) is 0 Å². The van der Waals surface area contributed by atoms with Crippen LogP contribution in [0, 0.1) is 0 Å². The number of halogens is 1. The predicted octanol–water partition coefficient (Wildman–Crippen LogP) is 1.49. The lowest BCUT2D eigenvalue weighted by molar-refractivity contribution is 0.174. The Morgan fingerprint density at radius 1 is 1.64 bits per heavy atom. The van der Waals surface area contributed by atoms with Crippen LogP contribution < -0.4 is 5.32 Å². The second-order valence-electron chi connectivity index (χ2n) is 2.81. The summed E-state index contributed by atoms with van der Waals surface area (Å²) in [6.45, 7) is 4.87. The van der Waals surface area contributed by atoms with Crippen molar-refractivity contribution in [2.75, 3.05) is 13.2 Å². The van der Waals surface area contributed by atoms with Crippen molar-refractivity contribution in [2.45, 2.75) is 25.8 Å². The molecule has 0 saturated carbocycles. The van der Waals surface area contributed by atoms with Crippen LogP contribution in [0.15, 0.2) is 11.6 Å². The van der Waals surface area contributed by atoms with Crippen molar-refractivity contribution in [1.82, 2.24) is 5.32 Å². The summed E-state index contributed by atoms with van der Waals surface area (Å²) in [4.78, 5) is 0. The molecule has 0 saturated heterocycles. The molecule has 0 radical (unpaired) electrons. The van der Waals surface area contributed by atoms with Gasteiger partial charge in [0.15, 0.2) is 0 Å². The van der Waals surface area contributed by atoms with Gasteiger partial charge in [0.1, 0.15) is 0 Å². The van der Waals surface area contributed by atoms with Crippen molar-refractivity contribution >= 4 is 11.6 Å². The second kappa shape index (κ2) is 5.58. The minimum absolute atomic E-state index is 0.152. The molecule has 0 aliphatic carbocycles. The normalized spacial score (nSPS) is 17.1. The van der Waals surface area contributed by atoms with E-state index in [2.05, 4.69) is 5.32 Å². The van der Waals surface area contributed by atoms with Crippen molar-refractivity contribution in [2.24, 2.45) is 0 Å². The molecular formula is C8H16ClNO. The van der Waals surface area contributed by atoms with Gasteiger partial charge in [-0.15, -0.1) is 0 Å². The average Bonchev–Trinajstić information content (AvgIpc) is 2.05. The highest BCUT2D eigenvalue weighted by atomic mass is 35.5. The Morgan fingerprint density at radius 3 is 2.64 bits per heavy atom. The molecule has 0 spiro atoms. The number of aliphatic hydroxyl groups excluding tert-OH is 1. The van der Waals surface area contributed by atoms with Crippen LogP contribution in [0.1, 0.15) is 20.3 Å². The van der Waals surface area contributed by atoms with Gasteiger partial charge in [-0.3, -0.25) is 0 Å². The van der Waals surface area contributed by atoms with Gasteiger partial charge in [0.2, 0.25) is 0 Å². The maximum absolute atomic E-state index is 8.97. The van der Waals surface area contributed by atoms with Crippen LogP contribution in [0.5, 0.6) is 0 Å². The van der Waals surface area contributed by atoms with Gasteiger partial charge in [0.25, 0.3) is 0 Å². The van der Waals surface area contributed by atoms with E-state index in [0.717, 1.165) is 6.42 Å². The average molecular weight is 178 g/mol. The van der Waals surface area contributed by atoms with Crippen LogP contribution in [0.3, 0.4) is 0 Å². The molecule has 0 rings (SSSR count). The van der Waals surface area contributed by atoms with Crippen LogP contribution in [0.2, 0.25) is 0 Å². The minimum atomic E-state index is -0.170. The van der Waals surface area contributed by atoms with Crippen LogP contribution >= 0.6 is 11.6 Å². The fourth-order valence-electron chi connectivity index (χ4n) is 0.643. The Bertz CT molecular complexity index is 121. The highest BCUT2D eigenvalue weighted by Crippen LogP contribution is 2.06. The molecule has 1 unspecified atom stereocenters. The first-order chi connectivity index (χ1) is 5.18. The molecule has 66 valence electrons. The van der Waals surface area contributed by atoms with E-state index in [9.17, 15) is 0 Å². The van der Waals surface area contributed by atoms with E-state index in [1.807, 2.05) is 19.9 Å². The van der Waals surface area contributed by atoms with Crippen LogP contribution in [-0.4, -0.2) is 23.8 Å². The maximum Gasteiger partial charge on any atom is 0.0610 e. The molecule has 0 aromatic heterocycles. The van der Waals surface area contributed by atoms with E-state index < -0.39 is 0 Å². The summed E-state index contributed by atoms with van der Waals surface area (Å²) in [5.41, 5.74) is 1.30. The van der Waals surface area contributed by atoms with E-state index >= 15 is 0 Å². The quantitative estimate of drug-likeness (QED) is 0.667. The van der Waals surface area contributed by atoms with Gasteiger partial charge in [-0.25, -0.2) is 0 Å². The standard InChI is InChI=1S/C8H16ClNO/c1-3-8(2,7-11)10-6-4-5-9/h4-5,10-11H,3,6-7H2,1-2H3/b5-4+. The molecule has 2 N–H and O–H groups in total. The van der Waals surface area contributed by atoms with E-state index in [1.165, 1.54) is 5.54 Å². The van der Waals surface area contributed by atoms with E-state index in [-0.39, 0.29) is 12.1 Å². The molecule has 0 aromatic rings. The molecule has 0 amide bonds. The Morgan fingerprint density at radius 2 is 2.27 bits per heavy atom. The van der Waals surface area contributed by atoms with Crippen molar-refractivity contribution < 1.29 is 5.11 Å². The summed E-state index contributed by atoms with van der Waals surface area (Å²) in [6, 6.07) is 0. The number of hydrogen-bond donors (Lipinski definition) is 2. The number of hydrogen-bond acceptors (Lipinski definition) is 2. The highest BCUT2D eigenvalue weighted by Gasteiger charge is 2.18. The largest absolute Gasteiger partial charge is 0.394 e. The van der Waals surface area contributed by atoms with Crippen LogP contribution in [0.25, 0.3) is 0 Å². The fourth-order valence-corrected chi connectivity index (χ4v) is 0.732. The molecule has 0 heterocycles. The maximum atomic E-state index is 8.97. The molecule has 0 fully saturated rings. The van der Waals surface area contributed by atoms with E-state index in [0.29, 0.717) is 6.54 Å². The molecule has 0 aliphatic rings. The van der Waals surface area contributed by atoms with Gasteiger partial charge in [0.05, 0.1) is 6.61 Å². The number of rotatable bonds is 5. The smallest absolute Gasteiger partial charge is 0.0610 e. The van der Waals surface area contributed by atoms with Gasteiger partial charge in [-0.1, -0.05) is 24.6 Å². The van der Waals surface area contributed by atoms with Crippen molar-refractivity contribution in [3.05, 3.63) is 11.6 Å². The molecular weight excluding hydrogens is 162 g/mol. The minimum Gasteiger partial charge on any atom is -0.394 e. The summed E-state index contributed by atoms with van der Waals surface area (Å²) in [6.07, 6.45) is 2.71. The first kappa shape index (κ1) is 11.0. The summed E-state index contributed by atoms with van der Waals surface area (Å²) < 4.78 is 0. The topological polar surface area (TPSA) is 32.3 Å². The zero-order chi connectivity index (χ0) is 8.74. The Balaban J connectivity index is 3.68. The fraction of sp³-hybridized carbons (Fsp3) is 0.750. The SMILES string of the molecule is CCC(C)(CO)NC/C=C/Cl. The third-order valence-corrected chi connectivity index (χ3v) is 2.04. The summed E-state index contributed by atoms with van der Waals surface area (Å²) >= 11 is 5.33.